The topological polar surface area (TPSA) is 102 Å². The second-order valence-electron chi connectivity index (χ2n) is 6.12. The third kappa shape index (κ3) is 4.80. The molecule has 0 bridgehead atoms. The number of hydrogen-bond acceptors (Lipinski definition) is 5. The highest BCUT2D eigenvalue weighted by atomic mass is 16.6. The van der Waals surface area contributed by atoms with E-state index in [0.717, 1.165) is 0 Å². The maximum atomic E-state index is 12.7. The molecule has 28 heavy (non-hydrogen) atoms. The van der Waals surface area contributed by atoms with Gasteiger partial charge in [0.15, 0.2) is 0 Å². The van der Waals surface area contributed by atoms with E-state index in [-0.39, 0.29) is 11.6 Å². The van der Waals surface area contributed by atoms with E-state index in [1.807, 2.05) is 0 Å². The van der Waals surface area contributed by atoms with Gasteiger partial charge in [0, 0.05) is 31.3 Å². The first kappa shape index (κ1) is 19.2. The first-order chi connectivity index (χ1) is 13.5. The molecule has 1 saturated heterocycles. The molecular weight excluding hydrogens is 362 g/mol. The van der Waals surface area contributed by atoms with Gasteiger partial charge in [0.25, 0.3) is 11.6 Å². The number of benzene rings is 2. The lowest BCUT2D eigenvalue weighted by Gasteiger charge is -2.27. The summed E-state index contributed by atoms with van der Waals surface area (Å²) in [4.78, 5) is 36.9. The Kier molecular flexibility index (Phi) is 6.13. The molecule has 0 spiro atoms. The van der Waals surface area contributed by atoms with Gasteiger partial charge < -0.3 is 15.0 Å². The van der Waals surface area contributed by atoms with Crippen LogP contribution in [0, 0.1) is 10.1 Å². The molecule has 0 unspecified atom stereocenters. The number of anilines is 1. The molecule has 2 aromatic carbocycles. The fourth-order valence-corrected chi connectivity index (χ4v) is 2.77. The van der Waals surface area contributed by atoms with E-state index in [1.165, 1.54) is 18.2 Å². The Morgan fingerprint density at radius 2 is 1.75 bits per heavy atom. The Hall–Kier alpha value is -3.52. The number of carbonyl (C=O) groups is 2. The zero-order valence-corrected chi connectivity index (χ0v) is 15.0. The van der Waals surface area contributed by atoms with Gasteiger partial charge in [-0.25, -0.2) is 0 Å². The predicted molar refractivity (Wildman–Crippen MR) is 104 cm³/mol. The lowest BCUT2D eigenvalue weighted by Crippen LogP contribution is -2.41. The van der Waals surface area contributed by atoms with Gasteiger partial charge in [-0.15, -0.1) is 0 Å². The Morgan fingerprint density at radius 3 is 2.43 bits per heavy atom. The highest BCUT2D eigenvalue weighted by Crippen LogP contribution is 2.18. The molecule has 2 amide bonds. The summed E-state index contributed by atoms with van der Waals surface area (Å²) in [6.45, 7) is 2.03. The molecule has 8 nitrogen and oxygen atoms in total. The van der Waals surface area contributed by atoms with Crippen LogP contribution in [0.3, 0.4) is 0 Å². The minimum atomic E-state index is -0.484. The number of hydrogen-bond donors (Lipinski definition) is 1. The smallest absolute Gasteiger partial charge is 0.269 e. The number of nitrogens with one attached hydrogen (secondary N) is 1. The monoisotopic (exact) mass is 381 g/mol. The van der Waals surface area contributed by atoms with Gasteiger partial charge in [-0.1, -0.05) is 12.1 Å². The van der Waals surface area contributed by atoms with Crippen molar-refractivity contribution in [2.45, 2.75) is 0 Å². The van der Waals surface area contributed by atoms with Crippen molar-refractivity contribution < 1.29 is 19.2 Å². The average molecular weight is 381 g/mol. The van der Waals surface area contributed by atoms with E-state index in [2.05, 4.69) is 5.32 Å². The minimum Gasteiger partial charge on any atom is -0.378 e. The number of nitro benzene ring substituents is 1. The molecule has 8 heteroatoms. The summed E-state index contributed by atoms with van der Waals surface area (Å²) in [5.74, 6) is -0.556. The number of nitro groups is 1. The predicted octanol–water partition coefficient (Wildman–Crippen LogP) is 2.72. The number of nitrogens with zero attached hydrogens (tertiary/aromatic N) is 2. The third-order valence-electron chi connectivity index (χ3n) is 4.24. The van der Waals surface area contributed by atoms with E-state index >= 15 is 0 Å². The van der Waals surface area contributed by atoms with Crippen LogP contribution < -0.4 is 5.32 Å². The molecule has 1 aliphatic heterocycles. The Balaban J connectivity index is 1.68. The zero-order chi connectivity index (χ0) is 19.9. The number of ether oxygens (including phenoxy) is 1. The number of morpholine rings is 1. The van der Waals surface area contributed by atoms with Gasteiger partial charge in [-0.2, -0.15) is 0 Å². The molecule has 2 aromatic rings. The van der Waals surface area contributed by atoms with Crippen molar-refractivity contribution in [3.05, 3.63) is 75.8 Å². The van der Waals surface area contributed by atoms with E-state index in [0.29, 0.717) is 43.1 Å². The molecule has 1 N–H and O–H groups in total. The number of rotatable bonds is 5. The normalized spacial score (nSPS) is 14.1. The summed E-state index contributed by atoms with van der Waals surface area (Å²) in [6, 6.07) is 12.7. The van der Waals surface area contributed by atoms with Crippen molar-refractivity contribution in [2.24, 2.45) is 0 Å². The van der Waals surface area contributed by atoms with Crippen LogP contribution in [0.2, 0.25) is 0 Å². The van der Waals surface area contributed by atoms with E-state index < -0.39 is 10.8 Å². The van der Waals surface area contributed by atoms with Crippen molar-refractivity contribution in [1.82, 2.24) is 4.90 Å². The summed E-state index contributed by atoms with van der Waals surface area (Å²) in [5, 5.41) is 13.4. The highest BCUT2D eigenvalue weighted by molar-refractivity contribution is 6.07. The fourth-order valence-electron chi connectivity index (χ4n) is 2.77. The van der Waals surface area contributed by atoms with Gasteiger partial charge >= 0.3 is 0 Å². The molecule has 0 saturated carbocycles. The van der Waals surface area contributed by atoms with Crippen LogP contribution in [0.25, 0.3) is 6.08 Å². The van der Waals surface area contributed by atoms with Gasteiger partial charge in [-0.3, -0.25) is 19.7 Å². The van der Waals surface area contributed by atoms with Crippen LogP contribution >= 0.6 is 0 Å². The first-order valence-electron chi connectivity index (χ1n) is 8.74. The first-order valence-corrected chi connectivity index (χ1v) is 8.74. The molecule has 3 rings (SSSR count). The van der Waals surface area contributed by atoms with E-state index in [4.69, 9.17) is 4.74 Å². The van der Waals surface area contributed by atoms with Crippen molar-refractivity contribution in [2.75, 3.05) is 31.6 Å². The van der Waals surface area contributed by atoms with Crippen LogP contribution in [0.15, 0.2) is 54.6 Å². The maximum absolute atomic E-state index is 12.7. The van der Waals surface area contributed by atoms with Gasteiger partial charge in [0.1, 0.15) is 0 Å². The second kappa shape index (κ2) is 8.92. The molecule has 0 radical (unpaired) electrons. The zero-order valence-electron chi connectivity index (χ0n) is 15.0. The highest BCUT2D eigenvalue weighted by Gasteiger charge is 2.21. The molecular formula is C20H19N3O5. The molecule has 1 aliphatic rings. The number of carbonyl (C=O) groups excluding carboxylic acids is 2. The summed E-state index contributed by atoms with van der Waals surface area (Å²) >= 11 is 0. The Labute approximate surface area is 161 Å². The SMILES string of the molecule is O=C(C=Cc1ccc([N+](=O)[O-])cc1)Nc1ccccc1C(=O)N1CCOCC1. The van der Waals surface area contributed by atoms with Crippen LogP contribution in [0.1, 0.15) is 15.9 Å². The third-order valence-corrected chi connectivity index (χ3v) is 4.24. The Morgan fingerprint density at radius 1 is 1.07 bits per heavy atom. The average Bonchev–Trinajstić information content (AvgIpc) is 2.73. The van der Waals surface area contributed by atoms with Gasteiger partial charge in [0.2, 0.25) is 5.91 Å². The van der Waals surface area contributed by atoms with Gasteiger partial charge in [-0.05, 0) is 35.9 Å². The molecule has 0 aliphatic carbocycles. The number of para-hydroxylation sites is 1. The van der Waals surface area contributed by atoms with Crippen LogP contribution in [-0.4, -0.2) is 47.9 Å². The standard InChI is InChI=1S/C20H19N3O5/c24-19(10-7-15-5-8-16(9-6-15)23(26)27)21-18-4-2-1-3-17(18)20(25)22-11-13-28-14-12-22/h1-10H,11-14H2,(H,21,24). The fraction of sp³-hybridized carbons (Fsp3) is 0.200. The minimum absolute atomic E-state index is 0.0165. The lowest BCUT2D eigenvalue weighted by molar-refractivity contribution is -0.384. The maximum Gasteiger partial charge on any atom is 0.269 e. The van der Waals surface area contributed by atoms with Crippen molar-refractivity contribution in [3.63, 3.8) is 0 Å². The quantitative estimate of drug-likeness (QED) is 0.487. The summed E-state index contributed by atoms with van der Waals surface area (Å²) in [6.07, 6.45) is 2.86. The molecule has 144 valence electrons. The van der Waals surface area contributed by atoms with Crippen LogP contribution in [0.4, 0.5) is 11.4 Å². The second-order valence-corrected chi connectivity index (χ2v) is 6.12. The van der Waals surface area contributed by atoms with E-state index in [1.54, 1.807) is 47.4 Å². The van der Waals surface area contributed by atoms with Crippen molar-refractivity contribution in [1.29, 1.82) is 0 Å². The van der Waals surface area contributed by atoms with Gasteiger partial charge in [0.05, 0.1) is 29.4 Å². The number of amides is 2. The molecule has 0 aromatic heterocycles. The largest absolute Gasteiger partial charge is 0.378 e. The van der Waals surface area contributed by atoms with Crippen LogP contribution in [-0.2, 0) is 9.53 Å². The summed E-state index contributed by atoms with van der Waals surface area (Å²) < 4.78 is 5.26. The van der Waals surface area contributed by atoms with Crippen molar-refractivity contribution >= 4 is 29.3 Å². The molecule has 0 atom stereocenters. The number of non-ortho nitro benzene ring substituents is 1. The Bertz CT molecular complexity index is 902. The molecule has 1 fully saturated rings. The van der Waals surface area contributed by atoms with Crippen LogP contribution in [0.5, 0.6) is 0 Å². The van der Waals surface area contributed by atoms with Crippen molar-refractivity contribution in [3.8, 4) is 0 Å². The summed E-state index contributed by atoms with van der Waals surface area (Å²) in [5.41, 5.74) is 1.48. The summed E-state index contributed by atoms with van der Waals surface area (Å²) in [7, 11) is 0. The van der Waals surface area contributed by atoms with E-state index in [9.17, 15) is 19.7 Å². The molecule has 1 heterocycles. The lowest BCUT2D eigenvalue weighted by atomic mass is 10.1.